The topological polar surface area (TPSA) is 97.7 Å². The van der Waals surface area contributed by atoms with Gasteiger partial charge in [-0.1, -0.05) is 0 Å². The van der Waals surface area contributed by atoms with Crippen LogP contribution in [0.4, 0.5) is 0 Å². The fourth-order valence-corrected chi connectivity index (χ4v) is 2.35. The Morgan fingerprint density at radius 2 is 2.41 bits per heavy atom. The molecule has 22 heavy (non-hydrogen) atoms. The third-order valence-electron chi connectivity index (χ3n) is 3.76. The van der Waals surface area contributed by atoms with E-state index >= 15 is 0 Å². The van der Waals surface area contributed by atoms with Crippen LogP contribution in [0, 0.1) is 0 Å². The van der Waals surface area contributed by atoms with Gasteiger partial charge in [-0.05, 0) is 25.8 Å². The maximum absolute atomic E-state index is 12.3. The maximum Gasteiger partial charge on any atom is 0.272 e. The zero-order valence-corrected chi connectivity index (χ0v) is 12.7. The van der Waals surface area contributed by atoms with Crippen molar-refractivity contribution < 1.29 is 9.53 Å². The van der Waals surface area contributed by atoms with Gasteiger partial charge in [-0.25, -0.2) is 0 Å². The Morgan fingerprint density at radius 3 is 3.14 bits per heavy atom. The van der Waals surface area contributed by atoms with Crippen molar-refractivity contribution in [2.45, 2.75) is 38.3 Å². The Hall–Kier alpha value is -2.22. The highest BCUT2D eigenvalue weighted by Crippen LogP contribution is 2.38. The number of aromatic nitrogens is 5. The van der Waals surface area contributed by atoms with Crippen LogP contribution in [0.2, 0.25) is 0 Å². The molecule has 118 valence electrons. The number of carbonyl (C=O) groups excluding carboxylic acids is 1. The molecule has 2 aromatic heterocycles. The monoisotopic (exact) mass is 304 g/mol. The molecule has 0 aromatic carbocycles. The smallest absolute Gasteiger partial charge is 0.272 e. The minimum atomic E-state index is -0.257. The van der Waals surface area contributed by atoms with E-state index in [1.807, 2.05) is 17.6 Å². The highest BCUT2D eigenvalue weighted by atomic mass is 16.5. The second kappa shape index (κ2) is 6.27. The predicted molar refractivity (Wildman–Crippen MR) is 78.3 cm³/mol. The van der Waals surface area contributed by atoms with E-state index in [1.54, 1.807) is 13.4 Å². The van der Waals surface area contributed by atoms with Crippen LogP contribution in [0.25, 0.3) is 0 Å². The average Bonchev–Trinajstić information content (AvgIpc) is 3.05. The Morgan fingerprint density at radius 1 is 1.59 bits per heavy atom. The van der Waals surface area contributed by atoms with Gasteiger partial charge in [-0.2, -0.15) is 5.10 Å². The lowest BCUT2D eigenvalue weighted by atomic mass is 10.2. The third kappa shape index (κ3) is 3.16. The molecule has 1 atom stereocenters. The average molecular weight is 304 g/mol. The van der Waals surface area contributed by atoms with E-state index in [1.165, 1.54) is 12.8 Å². The summed E-state index contributed by atoms with van der Waals surface area (Å²) in [6, 6.07) is 1.57. The van der Waals surface area contributed by atoms with Crippen LogP contribution in [0.1, 0.15) is 53.7 Å². The fourth-order valence-electron chi connectivity index (χ4n) is 2.35. The van der Waals surface area contributed by atoms with Gasteiger partial charge in [-0.15, -0.1) is 10.2 Å². The van der Waals surface area contributed by atoms with E-state index in [0.29, 0.717) is 30.6 Å². The van der Waals surface area contributed by atoms with Gasteiger partial charge >= 0.3 is 0 Å². The second-order valence-corrected chi connectivity index (χ2v) is 5.55. The number of hydrogen-bond acceptors (Lipinski definition) is 5. The van der Waals surface area contributed by atoms with E-state index < -0.39 is 0 Å². The van der Waals surface area contributed by atoms with E-state index in [0.717, 1.165) is 5.69 Å². The number of methoxy groups -OCH3 is 1. The molecule has 2 heterocycles. The number of H-pyrrole nitrogens is 1. The summed E-state index contributed by atoms with van der Waals surface area (Å²) in [7, 11) is 1.64. The molecule has 1 fully saturated rings. The summed E-state index contributed by atoms with van der Waals surface area (Å²) in [6.07, 6.45) is 3.97. The van der Waals surface area contributed by atoms with E-state index in [2.05, 4.69) is 25.7 Å². The number of ether oxygens (including phenoxy) is 1. The molecule has 0 unspecified atom stereocenters. The van der Waals surface area contributed by atoms with Gasteiger partial charge in [0.2, 0.25) is 0 Å². The molecule has 1 amide bonds. The van der Waals surface area contributed by atoms with Crippen molar-refractivity contribution in [1.29, 1.82) is 0 Å². The van der Waals surface area contributed by atoms with Gasteiger partial charge in [0, 0.05) is 25.3 Å². The van der Waals surface area contributed by atoms with Crippen molar-refractivity contribution in [3.05, 3.63) is 29.6 Å². The fraction of sp³-hybridized carbons (Fsp3) is 0.571. The molecule has 0 radical (unpaired) electrons. The van der Waals surface area contributed by atoms with Gasteiger partial charge in [0.05, 0.1) is 12.6 Å². The SMILES string of the molecule is COCCn1cnnc1[C@H](C)NC(=O)c1cc(C2CC2)[nH]n1. The minimum Gasteiger partial charge on any atom is -0.383 e. The normalized spacial score (nSPS) is 15.7. The highest BCUT2D eigenvalue weighted by Gasteiger charge is 2.27. The van der Waals surface area contributed by atoms with Crippen molar-refractivity contribution in [1.82, 2.24) is 30.3 Å². The molecule has 8 nitrogen and oxygen atoms in total. The lowest BCUT2D eigenvalue weighted by Crippen LogP contribution is -2.29. The van der Waals surface area contributed by atoms with Gasteiger partial charge < -0.3 is 14.6 Å². The molecular weight excluding hydrogens is 284 g/mol. The summed E-state index contributed by atoms with van der Waals surface area (Å²) < 4.78 is 6.92. The molecule has 3 rings (SSSR count). The van der Waals surface area contributed by atoms with Crippen molar-refractivity contribution in [3.63, 3.8) is 0 Å². The van der Waals surface area contributed by atoms with E-state index in [9.17, 15) is 4.79 Å². The molecule has 1 aliphatic rings. The summed E-state index contributed by atoms with van der Waals surface area (Å²) in [5.74, 6) is 1.03. The molecule has 2 N–H and O–H groups in total. The van der Waals surface area contributed by atoms with E-state index in [4.69, 9.17) is 4.74 Å². The highest BCUT2D eigenvalue weighted by molar-refractivity contribution is 5.92. The van der Waals surface area contributed by atoms with Crippen molar-refractivity contribution in [2.24, 2.45) is 0 Å². The largest absolute Gasteiger partial charge is 0.383 e. The quantitative estimate of drug-likeness (QED) is 0.795. The summed E-state index contributed by atoms with van der Waals surface area (Å²) in [6.45, 7) is 3.09. The van der Waals surface area contributed by atoms with E-state index in [-0.39, 0.29) is 11.9 Å². The van der Waals surface area contributed by atoms with Crippen LogP contribution >= 0.6 is 0 Å². The standard InChI is InChI=1S/C14H20N6O2/c1-9(13-19-15-8-20(13)5-6-22-2)16-14(21)12-7-11(17-18-12)10-3-4-10/h7-10H,3-6H2,1-2H3,(H,16,21)(H,17,18)/t9-/m0/s1. The zero-order valence-electron chi connectivity index (χ0n) is 12.7. The summed E-state index contributed by atoms with van der Waals surface area (Å²) in [4.78, 5) is 12.3. The summed E-state index contributed by atoms with van der Waals surface area (Å²) in [5.41, 5.74) is 1.46. The third-order valence-corrected chi connectivity index (χ3v) is 3.76. The van der Waals surface area contributed by atoms with Crippen LogP contribution in [-0.2, 0) is 11.3 Å². The molecule has 1 aliphatic carbocycles. The van der Waals surface area contributed by atoms with Crippen LogP contribution < -0.4 is 5.32 Å². The number of nitrogens with zero attached hydrogens (tertiary/aromatic N) is 4. The van der Waals surface area contributed by atoms with Crippen LogP contribution in [-0.4, -0.2) is 44.6 Å². The van der Waals surface area contributed by atoms with Crippen LogP contribution in [0.15, 0.2) is 12.4 Å². The molecule has 0 aliphatic heterocycles. The molecule has 0 saturated heterocycles. The maximum atomic E-state index is 12.3. The number of aromatic amines is 1. The molecule has 0 bridgehead atoms. The number of rotatable bonds is 7. The lowest BCUT2D eigenvalue weighted by molar-refractivity contribution is 0.0932. The minimum absolute atomic E-state index is 0.211. The van der Waals surface area contributed by atoms with Crippen LogP contribution in [0.3, 0.4) is 0 Å². The first-order chi connectivity index (χ1) is 10.7. The molecule has 1 saturated carbocycles. The Bertz CT molecular complexity index is 645. The Kier molecular flexibility index (Phi) is 4.19. The van der Waals surface area contributed by atoms with Gasteiger partial charge in [0.1, 0.15) is 12.0 Å². The van der Waals surface area contributed by atoms with Crippen LogP contribution in [0.5, 0.6) is 0 Å². The number of amides is 1. The summed E-state index contributed by atoms with van der Waals surface area (Å²) >= 11 is 0. The van der Waals surface area contributed by atoms with Gasteiger partial charge in [0.15, 0.2) is 5.82 Å². The van der Waals surface area contributed by atoms with Crippen molar-refractivity contribution in [2.75, 3.05) is 13.7 Å². The van der Waals surface area contributed by atoms with Gasteiger partial charge in [0.25, 0.3) is 5.91 Å². The first-order valence-electron chi connectivity index (χ1n) is 7.42. The second-order valence-electron chi connectivity index (χ2n) is 5.55. The zero-order chi connectivity index (χ0) is 15.5. The molecular formula is C14H20N6O2. The lowest BCUT2D eigenvalue weighted by Gasteiger charge is -2.13. The molecule has 2 aromatic rings. The first-order valence-corrected chi connectivity index (χ1v) is 7.42. The summed E-state index contributed by atoms with van der Waals surface area (Å²) in [5, 5.41) is 17.9. The van der Waals surface area contributed by atoms with Crippen molar-refractivity contribution >= 4 is 5.91 Å². The van der Waals surface area contributed by atoms with Gasteiger partial charge in [-0.3, -0.25) is 9.89 Å². The van der Waals surface area contributed by atoms with Crippen molar-refractivity contribution in [3.8, 4) is 0 Å². The predicted octanol–water partition coefficient (Wildman–Crippen LogP) is 1.02. The Labute approximate surface area is 128 Å². The molecule has 8 heteroatoms. The number of carbonyl (C=O) groups is 1. The number of hydrogen-bond donors (Lipinski definition) is 2. The first kappa shape index (κ1) is 14.7. The number of nitrogens with one attached hydrogen (secondary N) is 2. The Balaban J connectivity index is 1.63. The molecule has 0 spiro atoms.